The van der Waals surface area contributed by atoms with Crippen LogP contribution in [0.1, 0.15) is 39.5 Å². The Balaban J connectivity index is 1.42. The number of carbonyl (C=O) groups is 1. The lowest BCUT2D eigenvalue weighted by molar-refractivity contribution is -0.133. The molecule has 1 heterocycles. The monoisotopic (exact) mass is 454 g/mol. The largest absolute Gasteiger partial charge is 0.378 e. The summed E-state index contributed by atoms with van der Waals surface area (Å²) in [6.45, 7) is 8.03. The van der Waals surface area contributed by atoms with Crippen molar-refractivity contribution in [3.8, 4) is 0 Å². The average molecular weight is 454 g/mol. The van der Waals surface area contributed by atoms with Gasteiger partial charge in [-0.25, -0.2) is 3.11 Å². The highest BCUT2D eigenvalue weighted by Gasteiger charge is 2.31. The predicted molar refractivity (Wildman–Crippen MR) is 101 cm³/mol. The fourth-order valence-corrected chi connectivity index (χ4v) is 3.67. The Morgan fingerprint density at radius 3 is 2.46 bits per heavy atom. The molecule has 0 bridgehead atoms. The first-order valence-electron chi connectivity index (χ1n) is 8.97. The molecular formula is C17H31IN2O4. The molecule has 2 aliphatic rings. The number of rotatable bonds is 11. The second-order valence-corrected chi connectivity index (χ2v) is 8.38. The van der Waals surface area contributed by atoms with Crippen LogP contribution in [-0.4, -0.2) is 78.2 Å². The van der Waals surface area contributed by atoms with Crippen LogP contribution in [0.5, 0.6) is 0 Å². The van der Waals surface area contributed by atoms with Gasteiger partial charge in [0.05, 0.1) is 31.0 Å². The topological polar surface area (TPSA) is 51.2 Å². The summed E-state index contributed by atoms with van der Waals surface area (Å²) >= 11 is 2.29. The van der Waals surface area contributed by atoms with Gasteiger partial charge in [0, 0.05) is 62.6 Å². The zero-order valence-corrected chi connectivity index (χ0v) is 17.2. The van der Waals surface area contributed by atoms with E-state index in [1.54, 1.807) is 4.90 Å². The van der Waals surface area contributed by atoms with Crippen molar-refractivity contribution in [2.24, 2.45) is 0 Å². The summed E-state index contributed by atoms with van der Waals surface area (Å²) in [6, 6.07) is 0. The summed E-state index contributed by atoms with van der Waals surface area (Å²) in [7, 11) is 1.84. The highest BCUT2D eigenvalue weighted by Crippen LogP contribution is 2.27. The maximum atomic E-state index is 12.0. The first-order chi connectivity index (χ1) is 11.4. The van der Waals surface area contributed by atoms with E-state index in [9.17, 15) is 4.79 Å². The van der Waals surface area contributed by atoms with Crippen molar-refractivity contribution in [1.82, 2.24) is 8.01 Å². The van der Waals surface area contributed by atoms with Crippen LogP contribution < -0.4 is 0 Å². The first-order valence-corrected chi connectivity index (χ1v) is 9.94. The molecule has 1 amide bonds. The van der Waals surface area contributed by atoms with Crippen molar-refractivity contribution < 1.29 is 19.0 Å². The van der Waals surface area contributed by atoms with Gasteiger partial charge >= 0.3 is 0 Å². The zero-order chi connectivity index (χ0) is 17.5. The molecule has 1 saturated carbocycles. The quantitative estimate of drug-likeness (QED) is 0.272. The lowest BCUT2D eigenvalue weighted by atomic mass is 9.92. The summed E-state index contributed by atoms with van der Waals surface area (Å²) in [5.74, 6) is 0.168. The maximum Gasteiger partial charge on any atom is 0.222 e. The van der Waals surface area contributed by atoms with Crippen LogP contribution in [0.25, 0.3) is 0 Å². The number of halogens is 1. The number of carbonyl (C=O) groups excluding carboxylic acids is 1. The molecule has 0 unspecified atom stereocenters. The Kier molecular flexibility index (Phi) is 8.69. The molecule has 1 aliphatic heterocycles. The molecule has 2 rings (SSSR count). The van der Waals surface area contributed by atoms with Gasteiger partial charge in [-0.3, -0.25) is 4.79 Å². The first kappa shape index (κ1) is 20.4. The predicted octanol–water partition coefficient (Wildman–Crippen LogP) is 2.25. The molecule has 140 valence electrons. The van der Waals surface area contributed by atoms with E-state index in [0.29, 0.717) is 44.5 Å². The minimum atomic E-state index is 0.168. The smallest absolute Gasteiger partial charge is 0.222 e. The fraction of sp³-hybridized carbons (Fsp3) is 0.941. The molecule has 0 aromatic rings. The number of hydrogen-bond acceptors (Lipinski definition) is 5. The SMILES string of the molecule is CC(C)OC1CC(OCCCC(=O)N(C)CCOC2CN(I)C2)C1. The summed E-state index contributed by atoms with van der Waals surface area (Å²) in [6.07, 6.45) is 4.59. The third kappa shape index (κ3) is 7.11. The third-order valence-corrected chi connectivity index (χ3v) is 5.20. The molecule has 0 aromatic carbocycles. The zero-order valence-electron chi connectivity index (χ0n) is 15.1. The lowest BCUT2D eigenvalue weighted by Crippen LogP contribution is -2.47. The summed E-state index contributed by atoms with van der Waals surface area (Å²) in [5.41, 5.74) is 0. The van der Waals surface area contributed by atoms with E-state index < -0.39 is 0 Å². The molecule has 0 N–H and O–H groups in total. The highest BCUT2D eigenvalue weighted by atomic mass is 127. The van der Waals surface area contributed by atoms with Gasteiger partial charge in [-0.2, -0.15) is 0 Å². The lowest BCUT2D eigenvalue weighted by Gasteiger charge is -2.36. The second kappa shape index (κ2) is 10.3. The Hall–Kier alpha value is 0.0400. The Labute approximate surface area is 159 Å². The van der Waals surface area contributed by atoms with Crippen LogP contribution in [0.4, 0.5) is 0 Å². The van der Waals surface area contributed by atoms with E-state index in [-0.39, 0.29) is 12.0 Å². The molecule has 0 aromatic heterocycles. The summed E-state index contributed by atoms with van der Waals surface area (Å²) in [5, 5.41) is 0. The van der Waals surface area contributed by atoms with Gasteiger partial charge in [0.1, 0.15) is 0 Å². The molecule has 0 spiro atoms. The van der Waals surface area contributed by atoms with Crippen LogP contribution in [0.15, 0.2) is 0 Å². The van der Waals surface area contributed by atoms with Gasteiger partial charge in [0.15, 0.2) is 0 Å². The van der Waals surface area contributed by atoms with Gasteiger partial charge in [-0.1, -0.05) is 0 Å². The van der Waals surface area contributed by atoms with E-state index in [1.165, 1.54) is 0 Å². The van der Waals surface area contributed by atoms with Gasteiger partial charge in [0.25, 0.3) is 0 Å². The number of hydrogen-bond donors (Lipinski definition) is 0. The normalized spacial score (nSPS) is 24.7. The average Bonchev–Trinajstić information content (AvgIpc) is 2.45. The molecular weight excluding hydrogens is 423 g/mol. The van der Waals surface area contributed by atoms with Gasteiger partial charge in [0.2, 0.25) is 5.91 Å². The Bertz CT molecular complexity index is 385. The van der Waals surface area contributed by atoms with Crippen LogP contribution in [-0.2, 0) is 19.0 Å². The van der Waals surface area contributed by atoms with E-state index >= 15 is 0 Å². The van der Waals surface area contributed by atoms with E-state index in [2.05, 4.69) is 39.8 Å². The van der Waals surface area contributed by atoms with Gasteiger partial charge < -0.3 is 19.1 Å². The Morgan fingerprint density at radius 1 is 1.17 bits per heavy atom. The molecule has 7 heteroatoms. The highest BCUT2D eigenvalue weighted by molar-refractivity contribution is 14.1. The molecule has 1 saturated heterocycles. The van der Waals surface area contributed by atoms with Gasteiger partial charge in [-0.05, 0) is 33.1 Å². The minimum absolute atomic E-state index is 0.168. The van der Waals surface area contributed by atoms with E-state index in [1.807, 2.05) is 7.05 Å². The van der Waals surface area contributed by atoms with Crippen molar-refractivity contribution >= 4 is 28.8 Å². The number of likely N-dealkylation sites (N-methyl/N-ethyl adjacent to an activating group) is 1. The van der Waals surface area contributed by atoms with E-state index in [0.717, 1.165) is 32.4 Å². The fourth-order valence-electron chi connectivity index (χ4n) is 2.79. The van der Waals surface area contributed by atoms with Crippen molar-refractivity contribution in [3.05, 3.63) is 0 Å². The molecule has 24 heavy (non-hydrogen) atoms. The maximum absolute atomic E-state index is 12.0. The second-order valence-electron chi connectivity index (χ2n) is 7.01. The summed E-state index contributed by atoms with van der Waals surface area (Å²) < 4.78 is 19.4. The Morgan fingerprint density at radius 2 is 1.83 bits per heavy atom. The molecule has 2 fully saturated rings. The molecule has 1 aliphatic carbocycles. The third-order valence-electron chi connectivity index (χ3n) is 4.41. The standard InChI is InChI=1S/C17H31IN2O4/c1-13(2)24-15-9-14(10-15)22-7-4-5-17(21)19(3)6-8-23-16-11-20(18)12-16/h13-16H,4-12H2,1-3H3. The van der Waals surface area contributed by atoms with Crippen molar-refractivity contribution in [2.45, 2.75) is 63.9 Å². The molecule has 0 radical (unpaired) electrons. The van der Waals surface area contributed by atoms with Crippen molar-refractivity contribution in [1.29, 1.82) is 0 Å². The minimum Gasteiger partial charge on any atom is -0.378 e. The van der Waals surface area contributed by atoms with Crippen LogP contribution in [0.3, 0.4) is 0 Å². The summed E-state index contributed by atoms with van der Waals surface area (Å²) in [4.78, 5) is 13.8. The van der Waals surface area contributed by atoms with Crippen molar-refractivity contribution in [2.75, 3.05) is 39.9 Å². The number of nitrogens with zero attached hydrogens (tertiary/aromatic N) is 2. The number of amides is 1. The van der Waals surface area contributed by atoms with Crippen LogP contribution in [0, 0.1) is 0 Å². The van der Waals surface area contributed by atoms with Crippen molar-refractivity contribution in [3.63, 3.8) is 0 Å². The van der Waals surface area contributed by atoms with Crippen LogP contribution in [0.2, 0.25) is 0 Å². The van der Waals surface area contributed by atoms with Gasteiger partial charge in [-0.15, -0.1) is 0 Å². The molecule has 0 atom stereocenters. The van der Waals surface area contributed by atoms with Crippen LogP contribution >= 0.6 is 22.9 Å². The van der Waals surface area contributed by atoms with E-state index in [4.69, 9.17) is 14.2 Å². The number of ether oxygens (including phenoxy) is 3. The molecule has 6 nitrogen and oxygen atoms in total.